The molecule has 1 aromatic carbocycles. The van der Waals surface area contributed by atoms with Gasteiger partial charge in [0.2, 0.25) is 0 Å². The molecule has 1 saturated heterocycles. The predicted octanol–water partition coefficient (Wildman–Crippen LogP) is 3.16. The van der Waals surface area contributed by atoms with Gasteiger partial charge in [0.05, 0.1) is 17.2 Å². The minimum absolute atomic E-state index is 0.173. The zero-order valence-corrected chi connectivity index (χ0v) is 12.2. The van der Waals surface area contributed by atoms with Crippen molar-refractivity contribution in [1.29, 1.82) is 0 Å². The van der Waals surface area contributed by atoms with Gasteiger partial charge in [0.25, 0.3) is 0 Å². The molecule has 0 spiro atoms. The maximum absolute atomic E-state index is 12.6. The predicted molar refractivity (Wildman–Crippen MR) is 73.0 cm³/mol. The maximum Gasteiger partial charge on any atom is 0.416 e. The lowest BCUT2D eigenvalue weighted by atomic mass is 9.82. The first kappa shape index (κ1) is 16.3. The van der Waals surface area contributed by atoms with Crippen LogP contribution in [0.5, 0.6) is 0 Å². The number of methoxy groups -OCH3 is 1. The van der Waals surface area contributed by atoms with Crippen molar-refractivity contribution in [2.45, 2.75) is 30.7 Å². The Morgan fingerprint density at radius 1 is 1.19 bits per heavy atom. The Balaban J connectivity index is 2.28. The van der Waals surface area contributed by atoms with Crippen LogP contribution in [0, 0.1) is 0 Å². The average molecular weight is 303 g/mol. The van der Waals surface area contributed by atoms with Crippen LogP contribution in [-0.2, 0) is 15.7 Å². The summed E-state index contributed by atoms with van der Waals surface area (Å²) in [7, 11) is 3.43. The van der Waals surface area contributed by atoms with Crippen LogP contribution in [-0.4, -0.2) is 33.0 Å². The molecule has 21 heavy (non-hydrogen) atoms. The van der Waals surface area contributed by atoms with E-state index in [1.165, 1.54) is 12.1 Å². The lowest BCUT2D eigenvalue weighted by Gasteiger charge is -2.42. The molecule has 1 atom stereocenters. The lowest BCUT2D eigenvalue weighted by molar-refractivity contribution is -0.137. The summed E-state index contributed by atoms with van der Waals surface area (Å²) < 4.78 is 49.0. The van der Waals surface area contributed by atoms with Gasteiger partial charge < -0.3 is 14.8 Å². The first-order valence-electron chi connectivity index (χ1n) is 6.90. The first-order valence-corrected chi connectivity index (χ1v) is 6.90. The molecule has 0 amide bonds. The molecule has 0 aliphatic carbocycles. The van der Waals surface area contributed by atoms with Gasteiger partial charge in [-0.05, 0) is 24.7 Å². The Morgan fingerprint density at radius 3 is 2.19 bits per heavy atom. The molecule has 118 valence electrons. The topological polar surface area (TPSA) is 30.5 Å². The highest BCUT2D eigenvalue weighted by molar-refractivity contribution is 5.29. The van der Waals surface area contributed by atoms with Gasteiger partial charge in [0.1, 0.15) is 0 Å². The molecule has 0 saturated carbocycles. The van der Waals surface area contributed by atoms with E-state index in [9.17, 15) is 13.2 Å². The fourth-order valence-corrected chi connectivity index (χ4v) is 2.93. The number of benzene rings is 1. The Kier molecular flexibility index (Phi) is 4.91. The van der Waals surface area contributed by atoms with Gasteiger partial charge in [0.15, 0.2) is 0 Å². The monoisotopic (exact) mass is 303 g/mol. The summed E-state index contributed by atoms with van der Waals surface area (Å²) in [6.07, 6.45) is -2.91. The normalized spacial score (nSPS) is 20.2. The van der Waals surface area contributed by atoms with Crippen LogP contribution in [0.2, 0.25) is 0 Å². The molecular weight excluding hydrogens is 283 g/mol. The number of likely N-dealkylation sites (N-methyl/N-ethyl adjacent to an activating group) is 1. The summed E-state index contributed by atoms with van der Waals surface area (Å²) in [6, 6.07) is 5.08. The van der Waals surface area contributed by atoms with Crippen molar-refractivity contribution in [1.82, 2.24) is 5.32 Å². The molecule has 0 aromatic heterocycles. The van der Waals surface area contributed by atoms with Gasteiger partial charge in [-0.3, -0.25) is 0 Å². The molecule has 0 radical (unpaired) electrons. The maximum atomic E-state index is 12.6. The molecule has 1 aromatic rings. The summed E-state index contributed by atoms with van der Waals surface area (Å²) >= 11 is 0. The zero-order valence-electron chi connectivity index (χ0n) is 12.2. The van der Waals surface area contributed by atoms with Crippen LogP contribution in [0.25, 0.3) is 0 Å². The molecule has 1 unspecified atom stereocenters. The summed E-state index contributed by atoms with van der Waals surface area (Å²) in [5.74, 6) is 0. The molecule has 1 heterocycles. The van der Waals surface area contributed by atoms with Gasteiger partial charge in [-0.15, -0.1) is 0 Å². The highest BCUT2D eigenvalue weighted by Gasteiger charge is 2.41. The number of hydrogen-bond acceptors (Lipinski definition) is 3. The van der Waals surface area contributed by atoms with Gasteiger partial charge in [0, 0.05) is 33.2 Å². The van der Waals surface area contributed by atoms with E-state index >= 15 is 0 Å². The van der Waals surface area contributed by atoms with Crippen LogP contribution in [0.1, 0.15) is 30.0 Å². The third-order valence-electron chi connectivity index (χ3n) is 4.13. The molecule has 6 heteroatoms. The third kappa shape index (κ3) is 3.39. The van der Waals surface area contributed by atoms with Crippen molar-refractivity contribution in [3.05, 3.63) is 35.4 Å². The molecule has 1 N–H and O–H groups in total. The number of ether oxygens (including phenoxy) is 2. The lowest BCUT2D eigenvalue weighted by Crippen LogP contribution is -2.48. The summed E-state index contributed by atoms with van der Waals surface area (Å²) in [5, 5.41) is 3.18. The molecule has 2 rings (SSSR count). The van der Waals surface area contributed by atoms with Gasteiger partial charge in [-0.25, -0.2) is 0 Å². The fraction of sp³-hybridized carbons (Fsp3) is 0.600. The van der Waals surface area contributed by atoms with E-state index in [1.54, 1.807) is 14.2 Å². The first-order chi connectivity index (χ1) is 9.93. The summed E-state index contributed by atoms with van der Waals surface area (Å²) in [5.41, 5.74) is -0.305. The van der Waals surface area contributed by atoms with Crippen LogP contribution >= 0.6 is 0 Å². The number of halogens is 3. The zero-order chi connectivity index (χ0) is 15.5. The largest absolute Gasteiger partial charge is 0.416 e. The second-order valence-electron chi connectivity index (χ2n) is 5.22. The molecule has 0 bridgehead atoms. The van der Waals surface area contributed by atoms with Crippen molar-refractivity contribution in [3.63, 3.8) is 0 Å². The number of alkyl halides is 3. The van der Waals surface area contributed by atoms with Gasteiger partial charge >= 0.3 is 6.18 Å². The highest BCUT2D eigenvalue weighted by Crippen LogP contribution is 2.38. The third-order valence-corrected chi connectivity index (χ3v) is 4.13. The van der Waals surface area contributed by atoms with Crippen molar-refractivity contribution in [2.75, 3.05) is 27.4 Å². The summed E-state index contributed by atoms with van der Waals surface area (Å²) in [4.78, 5) is 0. The SMILES string of the molecule is CNC(c1ccc(C(F)(F)F)cc1)C1(OC)CCOCC1. The van der Waals surface area contributed by atoms with Crippen molar-refractivity contribution in [2.24, 2.45) is 0 Å². The van der Waals surface area contributed by atoms with Gasteiger partial charge in [-0.2, -0.15) is 13.2 Å². The van der Waals surface area contributed by atoms with E-state index in [0.29, 0.717) is 26.1 Å². The molecule has 1 aliphatic rings. The number of nitrogens with one attached hydrogen (secondary N) is 1. The molecule has 1 fully saturated rings. The second-order valence-corrected chi connectivity index (χ2v) is 5.22. The van der Waals surface area contributed by atoms with Crippen LogP contribution in [0.3, 0.4) is 0 Å². The molecule has 3 nitrogen and oxygen atoms in total. The van der Waals surface area contributed by atoms with Crippen molar-refractivity contribution < 1.29 is 22.6 Å². The molecule has 1 aliphatic heterocycles. The van der Waals surface area contributed by atoms with Gasteiger partial charge in [-0.1, -0.05) is 12.1 Å². The Bertz CT molecular complexity index is 453. The van der Waals surface area contributed by atoms with E-state index in [4.69, 9.17) is 9.47 Å². The van der Waals surface area contributed by atoms with E-state index in [1.807, 2.05) is 0 Å². The van der Waals surface area contributed by atoms with E-state index in [-0.39, 0.29) is 6.04 Å². The number of hydrogen-bond donors (Lipinski definition) is 1. The van der Waals surface area contributed by atoms with Crippen LogP contribution in [0.15, 0.2) is 24.3 Å². The molecular formula is C15H20F3NO2. The van der Waals surface area contributed by atoms with Crippen molar-refractivity contribution >= 4 is 0 Å². The standard InChI is InChI=1S/C15H20F3NO2/c1-19-13(14(20-2)7-9-21-10-8-14)11-3-5-12(6-4-11)15(16,17)18/h3-6,13,19H,7-10H2,1-2H3. The van der Waals surface area contributed by atoms with E-state index < -0.39 is 17.3 Å². The van der Waals surface area contributed by atoms with Crippen molar-refractivity contribution in [3.8, 4) is 0 Å². The van der Waals surface area contributed by atoms with E-state index in [2.05, 4.69) is 5.32 Å². The average Bonchev–Trinajstić information content (AvgIpc) is 2.48. The minimum Gasteiger partial charge on any atom is -0.381 e. The Labute approximate surface area is 122 Å². The minimum atomic E-state index is -4.31. The van der Waals surface area contributed by atoms with Crippen LogP contribution in [0.4, 0.5) is 13.2 Å². The smallest absolute Gasteiger partial charge is 0.381 e. The highest BCUT2D eigenvalue weighted by atomic mass is 19.4. The van der Waals surface area contributed by atoms with Crippen LogP contribution < -0.4 is 5.32 Å². The fourth-order valence-electron chi connectivity index (χ4n) is 2.93. The Morgan fingerprint density at radius 2 is 1.76 bits per heavy atom. The second kappa shape index (κ2) is 6.34. The van der Waals surface area contributed by atoms with E-state index in [0.717, 1.165) is 17.7 Å². The number of rotatable bonds is 4. The Hall–Kier alpha value is -1.11. The quantitative estimate of drug-likeness (QED) is 0.927. The summed E-state index contributed by atoms with van der Waals surface area (Å²) in [6.45, 7) is 1.18.